The van der Waals surface area contributed by atoms with Crippen LogP contribution < -0.4 is 14.9 Å². The SMILES string of the molecule is Cc1c(-c2ccc(OCC(=O)[O-])cc2)nc2ccc(Br)cc2c1C(=O)[O-]. The van der Waals surface area contributed by atoms with Gasteiger partial charge >= 0.3 is 0 Å². The molecule has 0 bridgehead atoms. The van der Waals surface area contributed by atoms with E-state index in [0.29, 0.717) is 33.5 Å². The van der Waals surface area contributed by atoms with Crippen molar-refractivity contribution in [3.63, 3.8) is 0 Å². The maximum absolute atomic E-state index is 11.7. The van der Waals surface area contributed by atoms with Crippen molar-refractivity contribution in [3.8, 4) is 17.0 Å². The quantitative estimate of drug-likeness (QED) is 0.627. The summed E-state index contributed by atoms with van der Waals surface area (Å²) in [6, 6.07) is 11.7. The maximum atomic E-state index is 11.7. The number of rotatable bonds is 5. The van der Waals surface area contributed by atoms with E-state index in [0.717, 1.165) is 4.47 Å². The minimum absolute atomic E-state index is 0.0866. The van der Waals surface area contributed by atoms with Crippen LogP contribution in [0.25, 0.3) is 22.2 Å². The van der Waals surface area contributed by atoms with Gasteiger partial charge in [0.05, 0.1) is 23.1 Å². The van der Waals surface area contributed by atoms with Gasteiger partial charge in [0.15, 0.2) is 0 Å². The molecule has 7 heteroatoms. The number of hydrogen-bond donors (Lipinski definition) is 0. The average molecular weight is 414 g/mol. The Labute approximate surface area is 157 Å². The number of halogens is 1. The summed E-state index contributed by atoms with van der Waals surface area (Å²) in [6.07, 6.45) is 0. The van der Waals surface area contributed by atoms with Gasteiger partial charge < -0.3 is 24.5 Å². The van der Waals surface area contributed by atoms with Gasteiger partial charge in [-0.05, 0) is 55.0 Å². The minimum Gasteiger partial charge on any atom is -0.546 e. The molecule has 6 nitrogen and oxygen atoms in total. The zero-order valence-electron chi connectivity index (χ0n) is 13.6. The van der Waals surface area contributed by atoms with Crippen LogP contribution in [0.1, 0.15) is 15.9 Å². The molecule has 0 radical (unpaired) electrons. The number of hydrogen-bond acceptors (Lipinski definition) is 6. The van der Waals surface area contributed by atoms with E-state index in [9.17, 15) is 19.8 Å². The lowest BCUT2D eigenvalue weighted by atomic mass is 9.98. The molecular weight excluding hydrogens is 402 g/mol. The van der Waals surface area contributed by atoms with Crippen molar-refractivity contribution < 1.29 is 24.5 Å². The van der Waals surface area contributed by atoms with E-state index in [1.807, 2.05) is 0 Å². The number of aromatic carboxylic acids is 1. The summed E-state index contributed by atoms with van der Waals surface area (Å²) in [6.45, 7) is 1.13. The lowest BCUT2D eigenvalue weighted by Crippen LogP contribution is -2.28. The first-order valence-electron chi connectivity index (χ1n) is 7.61. The summed E-state index contributed by atoms with van der Waals surface area (Å²) in [5.41, 5.74) is 2.29. The third kappa shape index (κ3) is 3.52. The fourth-order valence-corrected chi connectivity index (χ4v) is 3.09. The van der Waals surface area contributed by atoms with E-state index >= 15 is 0 Å². The second kappa shape index (κ2) is 7.13. The van der Waals surface area contributed by atoms with Gasteiger partial charge in [-0.1, -0.05) is 15.9 Å². The monoisotopic (exact) mass is 413 g/mol. The van der Waals surface area contributed by atoms with Crippen molar-refractivity contribution in [1.82, 2.24) is 4.98 Å². The van der Waals surface area contributed by atoms with Crippen LogP contribution in [0.15, 0.2) is 46.9 Å². The number of ether oxygens (including phenoxy) is 1. The van der Waals surface area contributed by atoms with Crippen LogP contribution in [0.5, 0.6) is 5.75 Å². The molecule has 0 aliphatic rings. The Hall–Kier alpha value is -2.93. The minimum atomic E-state index is -1.31. The fraction of sp³-hybridized carbons (Fsp3) is 0.105. The highest BCUT2D eigenvalue weighted by molar-refractivity contribution is 9.10. The Kier molecular flexibility index (Phi) is 4.90. The van der Waals surface area contributed by atoms with Crippen LogP contribution in [-0.4, -0.2) is 23.5 Å². The highest BCUT2D eigenvalue weighted by atomic mass is 79.9. The molecular formula is C19H12BrNO5-2. The van der Waals surface area contributed by atoms with Gasteiger partial charge in [0.2, 0.25) is 0 Å². The smallest absolute Gasteiger partial charge is 0.128 e. The highest BCUT2D eigenvalue weighted by Crippen LogP contribution is 2.31. The molecule has 1 aromatic heterocycles. The zero-order chi connectivity index (χ0) is 18.8. The highest BCUT2D eigenvalue weighted by Gasteiger charge is 2.14. The fourth-order valence-electron chi connectivity index (χ4n) is 2.73. The molecule has 26 heavy (non-hydrogen) atoms. The third-order valence-electron chi connectivity index (χ3n) is 3.88. The third-order valence-corrected chi connectivity index (χ3v) is 4.37. The van der Waals surface area contributed by atoms with E-state index in [1.54, 1.807) is 49.4 Å². The Morgan fingerprint density at radius 1 is 1.12 bits per heavy atom. The van der Waals surface area contributed by atoms with Gasteiger partial charge in [0, 0.05) is 21.0 Å². The van der Waals surface area contributed by atoms with Crippen LogP contribution in [-0.2, 0) is 4.79 Å². The number of carbonyl (C=O) groups excluding carboxylic acids is 2. The number of carboxylic acid groups (broad SMARTS) is 2. The molecule has 0 aliphatic carbocycles. The van der Waals surface area contributed by atoms with Crippen molar-refractivity contribution in [2.75, 3.05) is 6.61 Å². The zero-order valence-corrected chi connectivity index (χ0v) is 15.2. The number of pyridine rings is 1. The van der Waals surface area contributed by atoms with Crippen LogP contribution in [0, 0.1) is 6.92 Å². The van der Waals surface area contributed by atoms with Crippen LogP contribution >= 0.6 is 15.9 Å². The van der Waals surface area contributed by atoms with Crippen molar-refractivity contribution in [1.29, 1.82) is 0 Å². The maximum Gasteiger partial charge on any atom is 0.128 e. The summed E-state index contributed by atoms with van der Waals surface area (Å²) >= 11 is 3.34. The number of carboxylic acids is 2. The van der Waals surface area contributed by atoms with Crippen LogP contribution in [0.2, 0.25) is 0 Å². The topological polar surface area (TPSA) is 102 Å². The number of carbonyl (C=O) groups is 2. The molecule has 2 aromatic carbocycles. The normalized spacial score (nSPS) is 10.7. The average Bonchev–Trinajstić information content (AvgIpc) is 2.59. The van der Waals surface area contributed by atoms with Gasteiger partial charge in [0.25, 0.3) is 0 Å². The molecule has 0 saturated carbocycles. The number of fused-ring (bicyclic) bond motifs is 1. The van der Waals surface area contributed by atoms with Crippen LogP contribution in [0.4, 0.5) is 0 Å². The first-order valence-corrected chi connectivity index (χ1v) is 8.40. The largest absolute Gasteiger partial charge is 0.546 e. The van der Waals surface area contributed by atoms with Gasteiger partial charge in [-0.3, -0.25) is 0 Å². The van der Waals surface area contributed by atoms with E-state index in [-0.39, 0.29) is 5.56 Å². The number of aliphatic carboxylic acids is 1. The molecule has 3 rings (SSSR count). The summed E-state index contributed by atoms with van der Waals surface area (Å²) in [7, 11) is 0. The summed E-state index contributed by atoms with van der Waals surface area (Å²) in [5, 5.41) is 22.6. The second-order valence-electron chi connectivity index (χ2n) is 5.59. The van der Waals surface area contributed by atoms with Gasteiger partial charge in [0.1, 0.15) is 12.4 Å². The van der Waals surface area contributed by atoms with Crippen LogP contribution in [0.3, 0.4) is 0 Å². The molecule has 0 spiro atoms. The first-order chi connectivity index (χ1) is 12.4. The Morgan fingerprint density at radius 2 is 1.81 bits per heavy atom. The summed E-state index contributed by atoms with van der Waals surface area (Å²) in [5.74, 6) is -2.23. The van der Waals surface area contributed by atoms with Gasteiger partial charge in [-0.2, -0.15) is 0 Å². The number of aromatic nitrogens is 1. The molecule has 0 amide bonds. The van der Waals surface area contributed by atoms with E-state index in [2.05, 4.69) is 20.9 Å². The van der Waals surface area contributed by atoms with Gasteiger partial charge in [-0.15, -0.1) is 0 Å². The Balaban J connectivity index is 2.10. The number of benzene rings is 2. The van der Waals surface area contributed by atoms with Crippen molar-refractivity contribution in [2.24, 2.45) is 0 Å². The molecule has 3 aromatic rings. The van der Waals surface area contributed by atoms with E-state index in [4.69, 9.17) is 4.74 Å². The first kappa shape index (κ1) is 17.9. The molecule has 0 atom stereocenters. The second-order valence-corrected chi connectivity index (χ2v) is 6.51. The molecule has 0 saturated heterocycles. The standard InChI is InChI=1S/C19H14BrNO5/c1-10-17(19(24)25)14-8-12(20)4-7-15(14)21-18(10)11-2-5-13(6-3-11)26-9-16(22)23/h2-8H,9H2,1H3,(H,22,23)(H,24,25)/p-2. The van der Waals surface area contributed by atoms with Crippen molar-refractivity contribution in [3.05, 3.63) is 58.1 Å². The molecule has 0 unspecified atom stereocenters. The van der Waals surface area contributed by atoms with E-state index in [1.165, 1.54) is 0 Å². The number of nitrogens with zero attached hydrogens (tertiary/aromatic N) is 1. The summed E-state index contributed by atoms with van der Waals surface area (Å²) < 4.78 is 5.79. The molecule has 132 valence electrons. The summed E-state index contributed by atoms with van der Waals surface area (Å²) in [4.78, 5) is 26.7. The molecule has 0 N–H and O–H groups in total. The molecule has 0 fully saturated rings. The Bertz CT molecular complexity index is 1010. The van der Waals surface area contributed by atoms with Crippen molar-refractivity contribution >= 4 is 38.8 Å². The molecule has 1 heterocycles. The predicted octanol–water partition coefficient (Wildman–Crippen LogP) is 1.46. The lowest BCUT2D eigenvalue weighted by Gasteiger charge is -2.16. The van der Waals surface area contributed by atoms with Crippen molar-refractivity contribution in [2.45, 2.75) is 6.92 Å². The van der Waals surface area contributed by atoms with E-state index < -0.39 is 18.5 Å². The predicted molar refractivity (Wildman–Crippen MR) is 94.4 cm³/mol. The molecule has 0 aliphatic heterocycles. The van der Waals surface area contributed by atoms with Gasteiger partial charge in [-0.25, -0.2) is 4.98 Å². The Morgan fingerprint density at radius 3 is 2.42 bits per heavy atom. The lowest BCUT2D eigenvalue weighted by molar-refractivity contribution is -0.307.